The molecule has 0 aliphatic rings. The number of hydrogen-bond donors (Lipinski definition) is 2. The van der Waals surface area contributed by atoms with E-state index in [2.05, 4.69) is 31.5 Å². The number of aromatic nitrogens is 2. The Morgan fingerprint density at radius 2 is 1.69 bits per heavy atom. The molecule has 0 bridgehead atoms. The van der Waals surface area contributed by atoms with Gasteiger partial charge >= 0.3 is 0 Å². The van der Waals surface area contributed by atoms with Crippen LogP contribution in [0, 0.1) is 0 Å². The van der Waals surface area contributed by atoms with E-state index >= 15 is 0 Å². The van der Waals surface area contributed by atoms with Gasteiger partial charge in [-0.15, -0.1) is 0 Å². The predicted octanol–water partition coefficient (Wildman–Crippen LogP) is 4.17. The maximum Gasteiger partial charge on any atom is 0.272 e. The van der Waals surface area contributed by atoms with Crippen LogP contribution in [0.25, 0.3) is 0 Å². The van der Waals surface area contributed by atoms with Crippen molar-refractivity contribution < 1.29 is 9.59 Å². The Morgan fingerprint density at radius 1 is 1.04 bits per heavy atom. The molecule has 0 saturated heterocycles. The molecule has 2 amide bonds. The first-order valence-electron chi connectivity index (χ1n) is 8.05. The standard InChI is InChI=1S/C19H17BrN4O2/c1-2-24-12-14(20)10-17(24)19(26)23-16-5-3-4-15(11-16)22-18(25)13-6-8-21-9-7-13/h3-12H,2H2,1H3,(H,22,25)(H,23,26). The Hall–Kier alpha value is -2.93. The first-order chi connectivity index (χ1) is 12.6. The van der Waals surface area contributed by atoms with Crippen LogP contribution in [0.1, 0.15) is 27.8 Å². The van der Waals surface area contributed by atoms with E-state index in [-0.39, 0.29) is 11.8 Å². The summed E-state index contributed by atoms with van der Waals surface area (Å²) < 4.78 is 2.71. The summed E-state index contributed by atoms with van der Waals surface area (Å²) in [7, 11) is 0. The van der Waals surface area contributed by atoms with Crippen molar-refractivity contribution in [2.45, 2.75) is 13.5 Å². The predicted molar refractivity (Wildman–Crippen MR) is 104 cm³/mol. The minimum atomic E-state index is -0.236. The highest BCUT2D eigenvalue weighted by atomic mass is 79.9. The van der Waals surface area contributed by atoms with Crippen LogP contribution in [0.2, 0.25) is 0 Å². The number of carbonyl (C=O) groups is 2. The monoisotopic (exact) mass is 412 g/mol. The van der Waals surface area contributed by atoms with Gasteiger partial charge in [-0.2, -0.15) is 0 Å². The maximum absolute atomic E-state index is 12.5. The van der Waals surface area contributed by atoms with Crippen LogP contribution in [-0.2, 0) is 6.54 Å². The number of carbonyl (C=O) groups excluding carboxylic acids is 2. The topological polar surface area (TPSA) is 76.0 Å². The van der Waals surface area contributed by atoms with Crippen molar-refractivity contribution in [2.75, 3.05) is 10.6 Å². The highest BCUT2D eigenvalue weighted by Crippen LogP contribution is 2.19. The summed E-state index contributed by atoms with van der Waals surface area (Å²) in [6.07, 6.45) is 4.99. The summed E-state index contributed by atoms with van der Waals surface area (Å²) in [4.78, 5) is 28.6. The summed E-state index contributed by atoms with van der Waals surface area (Å²) in [5.74, 6) is -0.449. The molecule has 0 aliphatic heterocycles. The highest BCUT2D eigenvalue weighted by molar-refractivity contribution is 9.10. The van der Waals surface area contributed by atoms with Crippen LogP contribution in [0.15, 0.2) is 65.5 Å². The molecule has 7 heteroatoms. The van der Waals surface area contributed by atoms with Crippen LogP contribution >= 0.6 is 15.9 Å². The second kappa shape index (κ2) is 7.97. The van der Waals surface area contributed by atoms with E-state index in [1.165, 1.54) is 0 Å². The minimum Gasteiger partial charge on any atom is -0.343 e. The summed E-state index contributed by atoms with van der Waals surface area (Å²) >= 11 is 3.39. The maximum atomic E-state index is 12.5. The molecule has 3 aromatic rings. The SMILES string of the molecule is CCn1cc(Br)cc1C(=O)Nc1cccc(NC(=O)c2ccncc2)c1. The minimum absolute atomic E-state index is 0.213. The molecule has 26 heavy (non-hydrogen) atoms. The molecule has 132 valence electrons. The van der Waals surface area contributed by atoms with E-state index in [9.17, 15) is 9.59 Å². The van der Waals surface area contributed by atoms with Gasteiger partial charge in [-0.05, 0) is 59.3 Å². The Morgan fingerprint density at radius 3 is 2.35 bits per heavy atom. The molecule has 3 rings (SSSR count). The Balaban J connectivity index is 1.73. The van der Waals surface area contributed by atoms with E-state index < -0.39 is 0 Å². The highest BCUT2D eigenvalue weighted by Gasteiger charge is 2.13. The molecule has 0 saturated carbocycles. The summed E-state index contributed by atoms with van der Waals surface area (Å²) in [5.41, 5.74) is 2.27. The molecule has 0 atom stereocenters. The quantitative estimate of drug-likeness (QED) is 0.659. The van der Waals surface area contributed by atoms with Gasteiger partial charge in [-0.1, -0.05) is 6.07 Å². The number of benzene rings is 1. The number of nitrogens with one attached hydrogen (secondary N) is 2. The lowest BCUT2D eigenvalue weighted by Gasteiger charge is -2.10. The van der Waals surface area contributed by atoms with Gasteiger partial charge in [-0.3, -0.25) is 14.6 Å². The van der Waals surface area contributed by atoms with Crippen molar-refractivity contribution in [1.82, 2.24) is 9.55 Å². The third-order valence-corrected chi connectivity index (χ3v) is 4.19. The number of rotatable bonds is 5. The zero-order chi connectivity index (χ0) is 18.5. The van der Waals surface area contributed by atoms with E-state index in [0.717, 1.165) is 4.47 Å². The molecule has 2 heterocycles. The smallest absolute Gasteiger partial charge is 0.272 e. The molecule has 0 aliphatic carbocycles. The van der Waals surface area contributed by atoms with Gasteiger partial charge in [0.25, 0.3) is 11.8 Å². The first-order valence-corrected chi connectivity index (χ1v) is 8.84. The normalized spacial score (nSPS) is 10.4. The van der Waals surface area contributed by atoms with Crippen LogP contribution in [-0.4, -0.2) is 21.4 Å². The van der Waals surface area contributed by atoms with Crippen LogP contribution in [0.3, 0.4) is 0 Å². The van der Waals surface area contributed by atoms with Crippen LogP contribution < -0.4 is 10.6 Å². The second-order valence-corrected chi connectivity index (χ2v) is 6.47. The van der Waals surface area contributed by atoms with E-state index in [4.69, 9.17) is 0 Å². The number of hydrogen-bond acceptors (Lipinski definition) is 3. The molecular weight excluding hydrogens is 396 g/mol. The van der Waals surface area contributed by atoms with Crippen molar-refractivity contribution in [1.29, 1.82) is 0 Å². The average Bonchev–Trinajstić information content (AvgIpc) is 3.04. The number of aryl methyl sites for hydroxylation is 1. The fourth-order valence-corrected chi connectivity index (χ4v) is 2.97. The third kappa shape index (κ3) is 4.18. The lowest BCUT2D eigenvalue weighted by atomic mass is 10.2. The summed E-state index contributed by atoms with van der Waals surface area (Å²) in [6, 6.07) is 12.1. The average molecular weight is 413 g/mol. The Bertz CT molecular complexity index is 938. The fraction of sp³-hybridized carbons (Fsp3) is 0.105. The number of nitrogens with zero attached hydrogens (tertiary/aromatic N) is 2. The lowest BCUT2D eigenvalue weighted by molar-refractivity contribution is 0.101. The third-order valence-electron chi connectivity index (χ3n) is 3.76. The molecule has 0 fully saturated rings. The molecule has 0 spiro atoms. The lowest BCUT2D eigenvalue weighted by Crippen LogP contribution is -2.17. The molecule has 0 unspecified atom stereocenters. The van der Waals surface area contributed by atoms with E-state index in [1.807, 2.05) is 17.7 Å². The molecule has 2 aromatic heterocycles. The fourth-order valence-electron chi connectivity index (χ4n) is 2.50. The van der Waals surface area contributed by atoms with E-state index in [0.29, 0.717) is 29.2 Å². The summed E-state index contributed by atoms with van der Waals surface area (Å²) in [6.45, 7) is 2.66. The van der Waals surface area contributed by atoms with Gasteiger partial charge in [0.15, 0.2) is 0 Å². The Labute approximate surface area is 159 Å². The van der Waals surface area contributed by atoms with Gasteiger partial charge in [0.2, 0.25) is 0 Å². The second-order valence-electron chi connectivity index (χ2n) is 5.55. The van der Waals surface area contributed by atoms with Gasteiger partial charge in [0.05, 0.1) is 0 Å². The number of amides is 2. The van der Waals surface area contributed by atoms with Crippen molar-refractivity contribution in [3.63, 3.8) is 0 Å². The largest absolute Gasteiger partial charge is 0.343 e. The summed E-state index contributed by atoms with van der Waals surface area (Å²) in [5, 5.41) is 5.67. The van der Waals surface area contributed by atoms with Gasteiger partial charge < -0.3 is 15.2 Å². The van der Waals surface area contributed by atoms with Gasteiger partial charge in [0, 0.05) is 46.5 Å². The van der Waals surface area contributed by atoms with Crippen molar-refractivity contribution in [3.8, 4) is 0 Å². The van der Waals surface area contributed by atoms with Crippen molar-refractivity contribution >= 4 is 39.1 Å². The number of halogens is 1. The molecular formula is C19H17BrN4O2. The van der Waals surface area contributed by atoms with E-state index in [1.54, 1.807) is 54.9 Å². The number of anilines is 2. The van der Waals surface area contributed by atoms with Crippen molar-refractivity contribution in [3.05, 3.63) is 76.8 Å². The molecule has 0 radical (unpaired) electrons. The molecule has 6 nitrogen and oxygen atoms in total. The zero-order valence-electron chi connectivity index (χ0n) is 14.1. The Kier molecular flexibility index (Phi) is 5.48. The zero-order valence-corrected chi connectivity index (χ0v) is 15.7. The van der Waals surface area contributed by atoms with Gasteiger partial charge in [0.1, 0.15) is 5.69 Å². The first kappa shape index (κ1) is 17.9. The van der Waals surface area contributed by atoms with Crippen molar-refractivity contribution in [2.24, 2.45) is 0 Å². The van der Waals surface area contributed by atoms with Crippen LogP contribution in [0.4, 0.5) is 11.4 Å². The molecule has 2 N–H and O–H groups in total. The number of pyridine rings is 1. The molecule has 1 aromatic carbocycles. The van der Waals surface area contributed by atoms with Crippen LogP contribution in [0.5, 0.6) is 0 Å². The van der Waals surface area contributed by atoms with Gasteiger partial charge in [-0.25, -0.2) is 0 Å².